The molecular formula is C27H19NO3. The number of ether oxygens (including phenoxy) is 1. The van der Waals surface area contributed by atoms with Gasteiger partial charge in [-0.05, 0) is 24.6 Å². The Morgan fingerprint density at radius 3 is 2.23 bits per heavy atom. The summed E-state index contributed by atoms with van der Waals surface area (Å²) in [6.45, 7) is 2.23. The first-order valence-electron chi connectivity index (χ1n) is 10.4. The molecule has 0 fully saturated rings. The van der Waals surface area contributed by atoms with Gasteiger partial charge in [0.25, 0.3) is 0 Å². The Kier molecular flexibility index (Phi) is 3.78. The van der Waals surface area contributed by atoms with Gasteiger partial charge >= 0.3 is 5.97 Å². The van der Waals surface area contributed by atoms with Crippen molar-refractivity contribution in [3.63, 3.8) is 0 Å². The summed E-state index contributed by atoms with van der Waals surface area (Å²) in [6.07, 6.45) is 0. The summed E-state index contributed by atoms with van der Waals surface area (Å²) in [5.74, 6) is -0.818. The molecule has 0 amide bonds. The number of hydrogen-bond donors (Lipinski definition) is 0. The van der Waals surface area contributed by atoms with Crippen LogP contribution in [0.3, 0.4) is 0 Å². The van der Waals surface area contributed by atoms with Gasteiger partial charge < -0.3 is 9.64 Å². The zero-order valence-electron chi connectivity index (χ0n) is 17.0. The first-order valence-corrected chi connectivity index (χ1v) is 10.4. The van der Waals surface area contributed by atoms with Crippen molar-refractivity contribution in [2.24, 2.45) is 0 Å². The van der Waals surface area contributed by atoms with E-state index in [0.29, 0.717) is 16.7 Å². The molecule has 1 aliphatic carbocycles. The summed E-state index contributed by atoms with van der Waals surface area (Å²) in [5, 5.41) is 0. The third kappa shape index (κ3) is 2.48. The molecule has 4 nitrogen and oxygen atoms in total. The van der Waals surface area contributed by atoms with E-state index in [4.69, 9.17) is 4.74 Å². The molecule has 3 aromatic carbocycles. The number of carbonyl (C=O) groups excluding carboxylic acids is 2. The number of anilines is 1. The number of esters is 1. The van der Waals surface area contributed by atoms with Gasteiger partial charge in [0.1, 0.15) is 6.61 Å². The number of cyclic esters (lactones) is 1. The predicted molar refractivity (Wildman–Crippen MR) is 119 cm³/mol. The summed E-state index contributed by atoms with van der Waals surface area (Å²) in [4.78, 5) is 28.7. The van der Waals surface area contributed by atoms with Crippen molar-refractivity contribution in [1.29, 1.82) is 0 Å². The van der Waals surface area contributed by atoms with E-state index in [0.717, 1.165) is 33.8 Å². The lowest BCUT2D eigenvalue weighted by Gasteiger charge is -2.35. The Hall–Kier alpha value is -3.92. The van der Waals surface area contributed by atoms with E-state index >= 15 is 0 Å². The lowest BCUT2D eigenvalue weighted by molar-refractivity contribution is -0.136. The Morgan fingerprint density at radius 1 is 0.806 bits per heavy atom. The lowest BCUT2D eigenvalue weighted by Crippen LogP contribution is -2.30. The second kappa shape index (κ2) is 6.54. The summed E-state index contributed by atoms with van der Waals surface area (Å²) in [7, 11) is 0. The van der Waals surface area contributed by atoms with Crippen molar-refractivity contribution >= 4 is 23.1 Å². The minimum atomic E-state index is -0.442. The van der Waals surface area contributed by atoms with Crippen molar-refractivity contribution in [1.82, 2.24) is 0 Å². The van der Waals surface area contributed by atoms with E-state index in [-0.39, 0.29) is 18.4 Å². The van der Waals surface area contributed by atoms with E-state index in [1.165, 1.54) is 0 Å². The number of rotatable bonds is 2. The van der Waals surface area contributed by atoms with Crippen LogP contribution in [0.1, 0.15) is 33.0 Å². The molecule has 0 spiro atoms. The van der Waals surface area contributed by atoms with Crippen LogP contribution in [-0.2, 0) is 9.53 Å². The van der Waals surface area contributed by atoms with Crippen molar-refractivity contribution in [2.75, 3.05) is 11.5 Å². The fraction of sp³-hybridized carbons (Fsp3) is 0.111. The Labute approximate surface area is 180 Å². The highest BCUT2D eigenvalue weighted by Crippen LogP contribution is 2.53. The first-order chi connectivity index (χ1) is 15.1. The number of aryl methyl sites for hydroxylation is 1. The number of ketones is 1. The van der Waals surface area contributed by atoms with Crippen LogP contribution in [0, 0.1) is 6.92 Å². The zero-order chi connectivity index (χ0) is 21.1. The van der Waals surface area contributed by atoms with Crippen LogP contribution in [0.2, 0.25) is 0 Å². The van der Waals surface area contributed by atoms with E-state index in [2.05, 4.69) is 4.90 Å². The van der Waals surface area contributed by atoms with E-state index in [1.54, 1.807) is 0 Å². The molecule has 2 heterocycles. The SMILES string of the molecule is Cc1ccc(N2C3=C(C(=O)OC3)C(c3ccccc3)C3=C2c2ccccc2C3=O)cc1. The van der Waals surface area contributed by atoms with Crippen LogP contribution in [0.4, 0.5) is 5.69 Å². The maximum absolute atomic E-state index is 13.7. The minimum absolute atomic E-state index is 0.0252. The third-order valence-corrected chi connectivity index (χ3v) is 6.29. The highest BCUT2D eigenvalue weighted by Gasteiger charge is 2.49. The maximum atomic E-state index is 13.7. The van der Waals surface area contributed by atoms with E-state index < -0.39 is 5.92 Å². The monoisotopic (exact) mass is 405 g/mol. The molecule has 0 N–H and O–H groups in total. The van der Waals surface area contributed by atoms with Gasteiger partial charge in [-0.2, -0.15) is 0 Å². The molecule has 3 aliphatic rings. The zero-order valence-corrected chi connectivity index (χ0v) is 17.0. The van der Waals surface area contributed by atoms with Gasteiger partial charge in [-0.3, -0.25) is 4.79 Å². The molecule has 1 atom stereocenters. The molecule has 6 rings (SSSR count). The van der Waals surface area contributed by atoms with E-state index in [9.17, 15) is 9.59 Å². The molecule has 0 saturated heterocycles. The second-order valence-electron chi connectivity index (χ2n) is 8.09. The summed E-state index contributed by atoms with van der Waals surface area (Å²) < 4.78 is 5.52. The summed E-state index contributed by atoms with van der Waals surface area (Å²) in [5.41, 5.74) is 7.44. The molecule has 31 heavy (non-hydrogen) atoms. The highest BCUT2D eigenvalue weighted by molar-refractivity contribution is 6.25. The van der Waals surface area contributed by atoms with Crippen LogP contribution in [0.15, 0.2) is 95.7 Å². The Morgan fingerprint density at radius 2 is 1.48 bits per heavy atom. The van der Waals surface area contributed by atoms with Crippen LogP contribution >= 0.6 is 0 Å². The smallest absolute Gasteiger partial charge is 0.337 e. The van der Waals surface area contributed by atoms with Gasteiger partial charge in [0.05, 0.1) is 17.0 Å². The molecule has 0 radical (unpaired) electrons. The summed E-state index contributed by atoms with van der Waals surface area (Å²) in [6, 6.07) is 25.6. The second-order valence-corrected chi connectivity index (χ2v) is 8.09. The molecule has 0 bridgehead atoms. The number of hydrogen-bond acceptors (Lipinski definition) is 4. The van der Waals surface area contributed by atoms with Crippen LogP contribution in [0.5, 0.6) is 0 Å². The van der Waals surface area contributed by atoms with Gasteiger partial charge in [-0.1, -0.05) is 72.3 Å². The lowest BCUT2D eigenvalue weighted by atomic mass is 9.79. The van der Waals surface area contributed by atoms with Crippen molar-refractivity contribution in [3.05, 3.63) is 118 Å². The standard InChI is InChI=1S/C27H19NO3/c1-16-11-13-18(14-12-16)28-21-15-31-27(30)23(21)22(17-7-3-2-4-8-17)24-25(28)19-9-5-6-10-20(19)26(24)29/h2-14,22H,15H2,1H3. The van der Waals surface area contributed by atoms with Crippen molar-refractivity contribution in [2.45, 2.75) is 12.8 Å². The number of allylic oxidation sites excluding steroid dienone is 1. The van der Waals surface area contributed by atoms with E-state index in [1.807, 2.05) is 85.8 Å². The number of nitrogens with zero attached hydrogens (tertiary/aromatic N) is 1. The molecule has 0 aromatic heterocycles. The Bertz CT molecular complexity index is 1320. The first kappa shape index (κ1) is 17.9. The predicted octanol–water partition coefficient (Wildman–Crippen LogP) is 5.02. The molecule has 2 aliphatic heterocycles. The molecule has 1 unspecified atom stereocenters. The van der Waals surface area contributed by atoms with Crippen LogP contribution in [-0.4, -0.2) is 18.4 Å². The number of benzene rings is 3. The third-order valence-electron chi connectivity index (χ3n) is 6.29. The molecular weight excluding hydrogens is 386 g/mol. The fourth-order valence-corrected chi connectivity index (χ4v) is 4.91. The van der Waals surface area contributed by atoms with Crippen molar-refractivity contribution in [3.8, 4) is 0 Å². The maximum Gasteiger partial charge on any atom is 0.337 e. The van der Waals surface area contributed by atoms with Crippen molar-refractivity contribution < 1.29 is 14.3 Å². The normalized spacial score (nSPS) is 19.4. The fourth-order valence-electron chi connectivity index (χ4n) is 4.91. The molecule has 0 saturated carbocycles. The topological polar surface area (TPSA) is 46.6 Å². The quantitative estimate of drug-likeness (QED) is 0.562. The average molecular weight is 405 g/mol. The van der Waals surface area contributed by atoms with Gasteiger partial charge in [0.2, 0.25) is 0 Å². The van der Waals surface area contributed by atoms with Gasteiger partial charge in [-0.25, -0.2) is 4.79 Å². The summed E-state index contributed by atoms with van der Waals surface area (Å²) >= 11 is 0. The highest BCUT2D eigenvalue weighted by atomic mass is 16.5. The molecule has 150 valence electrons. The Balaban J connectivity index is 1.68. The minimum Gasteiger partial charge on any atom is -0.456 e. The largest absolute Gasteiger partial charge is 0.456 e. The van der Waals surface area contributed by atoms with Crippen LogP contribution < -0.4 is 4.90 Å². The van der Waals surface area contributed by atoms with Gasteiger partial charge in [-0.15, -0.1) is 0 Å². The molecule has 3 aromatic rings. The molecule has 4 heteroatoms. The van der Waals surface area contributed by atoms with Gasteiger partial charge in [0.15, 0.2) is 5.78 Å². The van der Waals surface area contributed by atoms with Gasteiger partial charge in [0, 0.05) is 28.3 Å². The number of fused-ring (bicyclic) bond motifs is 2. The van der Waals surface area contributed by atoms with Crippen LogP contribution in [0.25, 0.3) is 5.70 Å². The number of Topliss-reactive ketones (excluding diaryl/α,β-unsaturated/α-hetero) is 1. The number of carbonyl (C=O) groups is 2. The average Bonchev–Trinajstić information content (AvgIpc) is 3.32.